The first-order valence-corrected chi connectivity index (χ1v) is 32.5. The normalized spacial score (nSPS) is 18.5. The van der Waals surface area contributed by atoms with Gasteiger partial charge in [-0.3, -0.25) is 39.9 Å². The van der Waals surface area contributed by atoms with E-state index in [1.54, 1.807) is 0 Å². The van der Waals surface area contributed by atoms with Crippen molar-refractivity contribution >= 4 is 161 Å². The summed E-state index contributed by atoms with van der Waals surface area (Å²) in [6.07, 6.45) is 6.41. The van der Waals surface area contributed by atoms with Crippen molar-refractivity contribution in [3.05, 3.63) is 0 Å². The van der Waals surface area contributed by atoms with Crippen LogP contribution in [0.15, 0.2) is 39.9 Å². The predicted molar refractivity (Wildman–Crippen MR) is 372 cm³/mol. The van der Waals surface area contributed by atoms with E-state index in [4.69, 9.17) is 0 Å². The van der Waals surface area contributed by atoms with E-state index in [2.05, 4.69) is 39.9 Å². The van der Waals surface area contributed by atoms with Crippen molar-refractivity contribution < 1.29 is 39.6 Å². The molecule has 0 aromatic rings. The molecule has 0 saturated heterocycles. The van der Waals surface area contributed by atoms with Crippen LogP contribution in [-0.2, 0) is 19.2 Å². The molecule has 4 heterocycles. The quantitative estimate of drug-likeness (QED) is 0.134. The zero-order valence-corrected chi connectivity index (χ0v) is 70.9. The molecule has 0 unspecified atom stereocenters. The maximum atomic E-state index is 12.1. The molecule has 18 heteroatoms. The number of aliphatic carboxylic acids is 4. The second-order valence-electron chi connectivity index (χ2n) is 36.1. The molecule has 0 bridgehead atoms. The standard InChI is InChI=1S/4C18H32N2O2.2Sr/c4*1-10-11-17(8,9)18(14(21)22)19-12(15(2,3)4)13(20-18)16(5,6)7;;/h4*10-11H2,1-9H3,(H,21,22);;/q;;;;2*+2/p-4. The molecule has 0 N–H and O–H groups in total. The summed E-state index contributed by atoms with van der Waals surface area (Å²) in [6, 6.07) is 0. The number of hydrogen-bond acceptors (Lipinski definition) is 16. The largest absolute Gasteiger partial charge is 2.00 e. The van der Waals surface area contributed by atoms with E-state index in [1.165, 1.54) is 0 Å². The molecule has 0 aromatic carbocycles. The molecule has 0 atom stereocenters. The molecule has 0 aliphatic carbocycles. The summed E-state index contributed by atoms with van der Waals surface area (Å²) in [5.74, 6) is -4.81. The summed E-state index contributed by atoms with van der Waals surface area (Å²) >= 11 is 0. The predicted octanol–water partition coefficient (Wildman–Crippen LogP) is 12.2. The number of carboxylic acids is 4. The Hall–Kier alpha value is -1.80. The topological polar surface area (TPSA) is 259 Å². The van der Waals surface area contributed by atoms with E-state index in [0.29, 0.717) is 0 Å². The van der Waals surface area contributed by atoms with E-state index < -0.39 is 68.2 Å². The summed E-state index contributed by atoms with van der Waals surface area (Å²) in [5.41, 5.74) is -4.23. The van der Waals surface area contributed by atoms with Gasteiger partial charge in [-0.05, 0) is 25.7 Å². The molecule has 0 radical (unpaired) electrons. The number of aliphatic imine (C=N–C) groups is 8. The minimum atomic E-state index is -1.52. The van der Waals surface area contributed by atoms with Crippen LogP contribution in [0.5, 0.6) is 0 Å². The Kier molecular flexibility index (Phi) is 30.4. The Bertz CT molecular complexity index is 2330. The van der Waals surface area contributed by atoms with Crippen LogP contribution in [0.4, 0.5) is 0 Å². The number of hydrogen-bond donors (Lipinski definition) is 0. The summed E-state index contributed by atoms with van der Waals surface area (Å²) in [4.78, 5) is 85.7. The molecule has 16 nitrogen and oxygen atoms in total. The Balaban J connectivity index is 0. The van der Waals surface area contributed by atoms with Crippen LogP contribution in [-0.4, -0.2) is 183 Å². The van der Waals surface area contributed by atoms with Gasteiger partial charge in [0.05, 0.1) is 69.6 Å². The molecule has 4 rings (SSSR count). The average Bonchev–Trinajstić information content (AvgIpc) is 4.12. The fourth-order valence-corrected chi connectivity index (χ4v) is 11.9. The molecule has 0 fully saturated rings. The zero-order chi connectivity index (χ0) is 70.2. The smallest absolute Gasteiger partial charge is 0.545 e. The Morgan fingerprint density at radius 1 is 0.244 bits per heavy atom. The van der Waals surface area contributed by atoms with Crippen molar-refractivity contribution in [3.8, 4) is 0 Å². The molecular formula is C72H124N8O8Sr2. The van der Waals surface area contributed by atoms with E-state index >= 15 is 0 Å². The monoisotopic (exact) mass is 1400 g/mol. The molecular weight excluding hydrogens is 1280 g/mol. The van der Waals surface area contributed by atoms with Crippen molar-refractivity contribution in [2.24, 2.45) is 105 Å². The Labute approximate surface area is 621 Å². The molecule has 504 valence electrons. The number of carboxylic acid groups (broad SMARTS) is 4. The van der Waals surface area contributed by atoms with Crippen molar-refractivity contribution in [2.45, 2.75) is 323 Å². The van der Waals surface area contributed by atoms with Gasteiger partial charge in [0.2, 0.25) is 0 Å². The fraction of sp³-hybridized carbons (Fsp3) is 0.833. The molecule has 0 saturated carbocycles. The van der Waals surface area contributed by atoms with Gasteiger partial charge in [-0.25, -0.2) is 0 Å². The maximum absolute atomic E-state index is 12.1. The van der Waals surface area contributed by atoms with Gasteiger partial charge in [0.15, 0.2) is 22.7 Å². The summed E-state index contributed by atoms with van der Waals surface area (Å²) in [6.45, 7) is 72.7. The average molecular weight is 1410 g/mol. The Morgan fingerprint density at radius 3 is 0.389 bits per heavy atom. The van der Waals surface area contributed by atoms with Crippen LogP contribution < -0.4 is 20.4 Å². The molecule has 0 aromatic heterocycles. The fourth-order valence-electron chi connectivity index (χ4n) is 11.9. The van der Waals surface area contributed by atoms with Gasteiger partial charge in [0.1, 0.15) is 0 Å². The molecule has 4 aliphatic rings. The molecule has 4 aliphatic heterocycles. The van der Waals surface area contributed by atoms with Crippen LogP contribution >= 0.6 is 0 Å². The van der Waals surface area contributed by atoms with Crippen molar-refractivity contribution in [1.82, 2.24) is 0 Å². The zero-order valence-electron chi connectivity index (χ0n) is 63.9. The SMILES string of the molecule is CCCC(C)(C)C1(C(=O)[O-])N=C(C(C)(C)C)C(C(C)(C)C)=N1.CCCC(C)(C)C1(C(=O)[O-])N=C(C(C)(C)C)C(C(C)(C)C)=N1.CCCC(C)(C)C1(C(=O)[O-])N=C(C(C)(C)C)C(C(C)(C)C)=N1.CCCC(C)(C)C1(C(=O)[O-])N=C(C(C)(C)C)C(C(C)(C)C)=N1.[Sr+2].[Sr+2]. The van der Waals surface area contributed by atoms with Gasteiger partial charge in [0.25, 0.3) is 0 Å². The summed E-state index contributed by atoms with van der Waals surface area (Å²) in [7, 11) is 0. The first-order valence-electron chi connectivity index (χ1n) is 32.5. The van der Waals surface area contributed by atoms with Gasteiger partial charge in [-0.2, -0.15) is 0 Å². The molecule has 90 heavy (non-hydrogen) atoms. The third-order valence-electron chi connectivity index (χ3n) is 17.2. The Morgan fingerprint density at radius 2 is 0.333 bits per heavy atom. The molecule has 0 amide bonds. The van der Waals surface area contributed by atoms with Crippen LogP contribution in [0.25, 0.3) is 0 Å². The van der Waals surface area contributed by atoms with E-state index in [-0.39, 0.29) is 134 Å². The molecule has 0 spiro atoms. The first kappa shape index (κ1) is 90.3. The van der Waals surface area contributed by atoms with Crippen LogP contribution in [0.3, 0.4) is 0 Å². The minimum Gasteiger partial charge on any atom is -0.545 e. The van der Waals surface area contributed by atoms with Gasteiger partial charge < -0.3 is 39.6 Å². The van der Waals surface area contributed by atoms with E-state index in [9.17, 15) is 39.6 Å². The third-order valence-corrected chi connectivity index (χ3v) is 17.2. The van der Waals surface area contributed by atoms with Crippen LogP contribution in [0.1, 0.15) is 301 Å². The van der Waals surface area contributed by atoms with Crippen LogP contribution in [0.2, 0.25) is 0 Å². The van der Waals surface area contributed by atoms with E-state index in [0.717, 1.165) is 97.1 Å². The van der Waals surface area contributed by atoms with Crippen molar-refractivity contribution in [1.29, 1.82) is 0 Å². The second kappa shape index (κ2) is 30.3. The maximum Gasteiger partial charge on any atom is 2.00 e. The van der Waals surface area contributed by atoms with Crippen molar-refractivity contribution in [3.63, 3.8) is 0 Å². The first-order chi connectivity index (χ1) is 38.8. The van der Waals surface area contributed by atoms with Gasteiger partial charge in [-0.15, -0.1) is 0 Å². The summed E-state index contributed by atoms with van der Waals surface area (Å²) in [5, 5.41) is 48.3. The van der Waals surface area contributed by atoms with Gasteiger partial charge in [0, 0.05) is 65.0 Å². The summed E-state index contributed by atoms with van der Waals surface area (Å²) < 4.78 is 0. The van der Waals surface area contributed by atoms with E-state index in [1.807, 2.05) is 249 Å². The van der Waals surface area contributed by atoms with Gasteiger partial charge in [-0.1, -0.05) is 275 Å². The number of carbonyl (C=O) groups excluding carboxylic acids is 4. The second-order valence-corrected chi connectivity index (χ2v) is 36.1. The third kappa shape index (κ3) is 19.7. The number of rotatable bonds is 16. The number of nitrogens with zero attached hydrogens (tertiary/aromatic N) is 8. The van der Waals surface area contributed by atoms with Crippen molar-refractivity contribution in [2.75, 3.05) is 0 Å². The van der Waals surface area contributed by atoms with Gasteiger partial charge >= 0.3 is 91.0 Å². The van der Waals surface area contributed by atoms with Crippen LogP contribution in [0, 0.1) is 65.0 Å². The minimum absolute atomic E-state index is 0. The number of carbonyl (C=O) groups is 4.